The molecule has 122 valence electrons. The molecular weight excluding hydrogens is 344 g/mol. The van der Waals surface area contributed by atoms with Gasteiger partial charge in [-0.25, -0.2) is 0 Å². The molecule has 1 aromatic carbocycles. The quantitative estimate of drug-likeness (QED) is 0.719. The van der Waals surface area contributed by atoms with Crippen LogP contribution in [0.2, 0.25) is 0 Å². The molecule has 0 saturated carbocycles. The van der Waals surface area contributed by atoms with E-state index in [1.165, 1.54) is 25.8 Å². The Kier molecular flexibility index (Phi) is 7.19. The maximum Gasteiger partial charge on any atom is 0.257 e. The lowest BCUT2D eigenvalue weighted by Crippen LogP contribution is -3.16. The molecule has 0 radical (unpaired) electrons. The second kappa shape index (κ2) is 9.16. The molecule has 1 saturated heterocycles. The molecule has 1 unspecified atom stereocenters. The second-order valence-electron chi connectivity index (χ2n) is 6.00. The Balaban J connectivity index is 1.56. The maximum atomic E-state index is 11.7. The number of piperidine rings is 1. The fourth-order valence-electron chi connectivity index (χ4n) is 2.90. The van der Waals surface area contributed by atoms with Gasteiger partial charge >= 0.3 is 0 Å². The number of hydrogen-bond donors (Lipinski definition) is 2. The number of quaternary nitrogens is 1. The highest BCUT2D eigenvalue weighted by atomic mass is 79.9. The molecule has 4 nitrogen and oxygen atoms in total. The lowest BCUT2D eigenvalue weighted by molar-refractivity contribution is -0.928. The molecule has 1 amide bonds. The Bertz CT molecular complexity index is 464. The van der Waals surface area contributed by atoms with E-state index in [-0.39, 0.29) is 12.5 Å². The van der Waals surface area contributed by atoms with Crippen LogP contribution in [0, 0.1) is 0 Å². The molecule has 5 heteroatoms. The van der Waals surface area contributed by atoms with Gasteiger partial charge in [0.15, 0.2) is 6.61 Å². The first kappa shape index (κ1) is 17.3. The number of rotatable bonds is 7. The van der Waals surface area contributed by atoms with Gasteiger partial charge in [-0.15, -0.1) is 0 Å². The van der Waals surface area contributed by atoms with E-state index in [4.69, 9.17) is 4.74 Å². The zero-order valence-corrected chi connectivity index (χ0v) is 14.8. The fourth-order valence-corrected chi connectivity index (χ4v) is 3.16. The summed E-state index contributed by atoms with van der Waals surface area (Å²) in [6.07, 6.45) is 5.08. The molecule has 1 fully saturated rings. The Morgan fingerprint density at radius 2 is 2.14 bits per heavy atom. The summed E-state index contributed by atoms with van der Waals surface area (Å²) in [4.78, 5) is 13.4. The molecule has 0 spiro atoms. The summed E-state index contributed by atoms with van der Waals surface area (Å²) in [7, 11) is 0. The summed E-state index contributed by atoms with van der Waals surface area (Å²) in [5.41, 5.74) is 0. The van der Waals surface area contributed by atoms with E-state index < -0.39 is 0 Å². The van der Waals surface area contributed by atoms with Crippen molar-refractivity contribution >= 4 is 21.8 Å². The molecule has 2 N–H and O–H groups in total. The van der Waals surface area contributed by atoms with Crippen LogP contribution in [0.1, 0.15) is 32.6 Å². The first-order valence-corrected chi connectivity index (χ1v) is 8.94. The summed E-state index contributed by atoms with van der Waals surface area (Å²) in [5, 5.41) is 2.93. The normalized spacial score (nSPS) is 21.4. The molecule has 0 aliphatic carbocycles. The Morgan fingerprint density at radius 1 is 1.36 bits per heavy atom. The van der Waals surface area contributed by atoms with E-state index in [0.717, 1.165) is 30.0 Å². The molecule has 2 rings (SSSR count). The van der Waals surface area contributed by atoms with Gasteiger partial charge < -0.3 is 15.0 Å². The number of likely N-dealkylation sites (tertiary alicyclic amines) is 1. The monoisotopic (exact) mass is 369 g/mol. The van der Waals surface area contributed by atoms with Gasteiger partial charge in [0.05, 0.1) is 19.1 Å². The van der Waals surface area contributed by atoms with Crippen molar-refractivity contribution in [3.63, 3.8) is 0 Å². The van der Waals surface area contributed by atoms with Gasteiger partial charge in [0.25, 0.3) is 5.91 Å². The Morgan fingerprint density at radius 3 is 2.86 bits per heavy atom. The zero-order valence-electron chi connectivity index (χ0n) is 13.2. The number of carbonyl (C=O) groups is 1. The van der Waals surface area contributed by atoms with Crippen LogP contribution in [0.25, 0.3) is 0 Å². The third-order valence-corrected chi connectivity index (χ3v) is 4.79. The minimum Gasteiger partial charge on any atom is -0.484 e. The smallest absolute Gasteiger partial charge is 0.257 e. The summed E-state index contributed by atoms with van der Waals surface area (Å²) < 4.78 is 6.45. The van der Waals surface area contributed by atoms with Crippen molar-refractivity contribution in [2.24, 2.45) is 0 Å². The second-order valence-corrected chi connectivity index (χ2v) is 6.92. The number of hydrogen-bond acceptors (Lipinski definition) is 2. The van der Waals surface area contributed by atoms with E-state index in [1.54, 1.807) is 4.90 Å². The summed E-state index contributed by atoms with van der Waals surface area (Å²) in [6.45, 7) is 5.57. The predicted octanol–water partition coefficient (Wildman–Crippen LogP) is 1.79. The van der Waals surface area contributed by atoms with Gasteiger partial charge in [0.1, 0.15) is 5.75 Å². The first-order chi connectivity index (χ1) is 10.6. The van der Waals surface area contributed by atoms with E-state index in [2.05, 4.69) is 28.2 Å². The van der Waals surface area contributed by atoms with E-state index in [0.29, 0.717) is 5.75 Å². The predicted molar refractivity (Wildman–Crippen MR) is 91.3 cm³/mol. The van der Waals surface area contributed by atoms with Gasteiger partial charge in [-0.2, -0.15) is 0 Å². The molecule has 1 aliphatic heterocycles. The van der Waals surface area contributed by atoms with Crippen molar-refractivity contribution in [3.05, 3.63) is 28.7 Å². The van der Waals surface area contributed by atoms with Gasteiger partial charge in [-0.05, 0) is 50.5 Å². The van der Waals surface area contributed by atoms with Crippen molar-refractivity contribution in [3.8, 4) is 5.75 Å². The van der Waals surface area contributed by atoms with Crippen LogP contribution in [0.5, 0.6) is 5.75 Å². The highest BCUT2D eigenvalue weighted by Gasteiger charge is 2.20. The third kappa shape index (κ3) is 5.97. The van der Waals surface area contributed by atoms with Crippen LogP contribution in [0.15, 0.2) is 28.7 Å². The van der Waals surface area contributed by atoms with E-state index in [1.807, 2.05) is 24.3 Å². The largest absolute Gasteiger partial charge is 0.484 e. The lowest BCUT2D eigenvalue weighted by atomic mass is 10.0. The van der Waals surface area contributed by atoms with E-state index in [9.17, 15) is 4.79 Å². The van der Waals surface area contributed by atoms with Crippen LogP contribution in [-0.4, -0.2) is 38.2 Å². The van der Waals surface area contributed by atoms with Crippen LogP contribution in [0.3, 0.4) is 0 Å². The first-order valence-electron chi connectivity index (χ1n) is 8.15. The summed E-state index contributed by atoms with van der Waals surface area (Å²) in [6, 6.07) is 8.26. The van der Waals surface area contributed by atoms with Crippen LogP contribution >= 0.6 is 15.9 Å². The minimum atomic E-state index is -0.0513. The van der Waals surface area contributed by atoms with Crippen molar-refractivity contribution in [2.75, 3.05) is 26.2 Å². The molecule has 1 heterocycles. The Hall–Kier alpha value is -1.07. The molecule has 0 bridgehead atoms. The van der Waals surface area contributed by atoms with Gasteiger partial charge in [0.2, 0.25) is 0 Å². The molecular formula is C17H26BrN2O2+. The van der Waals surface area contributed by atoms with Gasteiger partial charge in [-0.1, -0.05) is 15.9 Å². The number of halogens is 1. The maximum absolute atomic E-state index is 11.7. The summed E-state index contributed by atoms with van der Waals surface area (Å²) >= 11 is 3.37. The summed E-state index contributed by atoms with van der Waals surface area (Å²) in [5.74, 6) is 0.662. The van der Waals surface area contributed by atoms with Crippen LogP contribution < -0.4 is 15.0 Å². The van der Waals surface area contributed by atoms with Crippen LogP contribution in [-0.2, 0) is 4.79 Å². The van der Waals surface area contributed by atoms with Gasteiger partial charge in [0, 0.05) is 17.4 Å². The van der Waals surface area contributed by atoms with Crippen molar-refractivity contribution in [1.82, 2.24) is 5.32 Å². The number of nitrogens with one attached hydrogen (secondary N) is 2. The minimum absolute atomic E-state index is 0.0513. The van der Waals surface area contributed by atoms with E-state index >= 15 is 0 Å². The molecule has 22 heavy (non-hydrogen) atoms. The topological polar surface area (TPSA) is 42.8 Å². The average molecular weight is 370 g/mol. The Labute approximate surface area is 141 Å². The number of benzene rings is 1. The number of carbonyl (C=O) groups excluding carboxylic acids is 1. The fraction of sp³-hybridized carbons (Fsp3) is 0.588. The third-order valence-electron chi connectivity index (χ3n) is 4.26. The van der Waals surface area contributed by atoms with Crippen LogP contribution in [0.4, 0.5) is 0 Å². The molecule has 1 aliphatic rings. The van der Waals surface area contributed by atoms with Gasteiger partial charge in [-0.3, -0.25) is 4.79 Å². The highest BCUT2D eigenvalue weighted by molar-refractivity contribution is 9.10. The average Bonchev–Trinajstić information content (AvgIpc) is 2.52. The highest BCUT2D eigenvalue weighted by Crippen LogP contribution is 2.15. The lowest BCUT2D eigenvalue weighted by Gasteiger charge is -2.30. The molecule has 1 aromatic rings. The number of amides is 1. The van der Waals surface area contributed by atoms with Crippen molar-refractivity contribution in [1.29, 1.82) is 0 Å². The van der Waals surface area contributed by atoms with Crippen molar-refractivity contribution < 1.29 is 14.4 Å². The number of ether oxygens (including phenoxy) is 1. The standard InChI is InChI=1S/C17H25BrN2O2/c1-14-5-2-3-11-20(14)12-4-10-19-17(21)13-22-16-8-6-15(18)7-9-16/h6-9,14H,2-5,10-13H2,1H3,(H,19,21)/p+1/t14-/m1/s1. The SMILES string of the molecule is C[C@@H]1CCCC[NH+]1CCCNC(=O)COc1ccc(Br)cc1. The molecule has 2 atom stereocenters. The molecule has 0 aromatic heterocycles. The van der Waals surface area contributed by atoms with Crippen molar-refractivity contribution in [2.45, 2.75) is 38.6 Å². The zero-order chi connectivity index (χ0) is 15.8.